The second-order valence-corrected chi connectivity index (χ2v) is 7.94. The molecule has 0 spiro atoms. The zero-order chi connectivity index (χ0) is 21.5. The molecule has 0 radical (unpaired) electrons. The maximum atomic E-state index is 13.0. The first-order valence-corrected chi connectivity index (χ1v) is 10.5. The Morgan fingerprint density at radius 1 is 0.903 bits per heavy atom. The van der Waals surface area contributed by atoms with Crippen LogP contribution in [-0.4, -0.2) is 13.7 Å². The van der Waals surface area contributed by atoms with Crippen molar-refractivity contribution in [3.63, 3.8) is 0 Å². The molecule has 0 bridgehead atoms. The Kier molecular flexibility index (Phi) is 10.2. The van der Waals surface area contributed by atoms with Crippen molar-refractivity contribution in [2.75, 3.05) is 13.7 Å². The second-order valence-electron chi connectivity index (χ2n) is 6.69. The van der Waals surface area contributed by atoms with Crippen LogP contribution >= 0.6 is 47.2 Å². The lowest BCUT2D eigenvalue weighted by Crippen LogP contribution is -2.17. The lowest BCUT2D eigenvalue weighted by atomic mass is 10.1. The van der Waals surface area contributed by atoms with Crippen LogP contribution in [0.5, 0.6) is 11.5 Å². The molecular weight excluding hydrogens is 483 g/mol. The van der Waals surface area contributed by atoms with Crippen LogP contribution in [0.4, 0.5) is 4.39 Å². The molecule has 0 unspecified atom stereocenters. The highest BCUT2D eigenvalue weighted by molar-refractivity contribution is 6.35. The molecule has 3 nitrogen and oxygen atoms in total. The number of ether oxygens (including phenoxy) is 2. The number of benzene rings is 3. The Labute approximate surface area is 202 Å². The van der Waals surface area contributed by atoms with Gasteiger partial charge in [0.1, 0.15) is 12.4 Å². The van der Waals surface area contributed by atoms with E-state index in [1.54, 1.807) is 25.3 Å². The Bertz CT molecular complexity index is 1000. The fraction of sp³-hybridized carbons (Fsp3) is 0.217. The normalized spacial score (nSPS) is 10.5. The number of hydrogen-bond acceptors (Lipinski definition) is 3. The molecule has 0 saturated carbocycles. The Morgan fingerprint density at radius 3 is 2.32 bits per heavy atom. The summed E-state index contributed by atoms with van der Waals surface area (Å²) in [5.41, 5.74) is 2.84. The van der Waals surface area contributed by atoms with Crippen molar-refractivity contribution < 1.29 is 13.9 Å². The van der Waals surface area contributed by atoms with Gasteiger partial charge in [-0.3, -0.25) is 0 Å². The molecule has 31 heavy (non-hydrogen) atoms. The average molecular weight is 505 g/mol. The van der Waals surface area contributed by atoms with E-state index < -0.39 is 0 Å². The molecule has 0 atom stereocenters. The van der Waals surface area contributed by atoms with Gasteiger partial charge in [0.25, 0.3) is 0 Å². The van der Waals surface area contributed by atoms with Crippen LogP contribution in [-0.2, 0) is 19.6 Å². The molecule has 0 heterocycles. The summed E-state index contributed by atoms with van der Waals surface area (Å²) in [4.78, 5) is 0. The Balaban J connectivity index is 0.00000341. The highest BCUT2D eigenvalue weighted by Gasteiger charge is 2.12. The second kappa shape index (κ2) is 12.4. The van der Waals surface area contributed by atoms with Crippen LogP contribution in [0.3, 0.4) is 0 Å². The molecule has 3 aromatic rings. The van der Waals surface area contributed by atoms with E-state index in [2.05, 4.69) is 5.32 Å². The average Bonchev–Trinajstić information content (AvgIpc) is 2.72. The first-order valence-electron chi connectivity index (χ1n) is 9.34. The van der Waals surface area contributed by atoms with E-state index in [-0.39, 0.29) is 24.8 Å². The number of halogens is 5. The van der Waals surface area contributed by atoms with E-state index in [1.807, 2.05) is 24.3 Å². The van der Waals surface area contributed by atoms with Crippen molar-refractivity contribution in [2.45, 2.75) is 19.6 Å². The molecular formula is C23H22Cl4FNO2. The van der Waals surface area contributed by atoms with Crippen molar-refractivity contribution in [1.82, 2.24) is 5.32 Å². The number of methoxy groups -OCH3 is 1. The fourth-order valence-electron chi connectivity index (χ4n) is 2.93. The van der Waals surface area contributed by atoms with Gasteiger partial charge >= 0.3 is 0 Å². The topological polar surface area (TPSA) is 30.5 Å². The Hall–Kier alpha value is -1.69. The van der Waals surface area contributed by atoms with Gasteiger partial charge in [-0.25, -0.2) is 4.39 Å². The zero-order valence-electron chi connectivity index (χ0n) is 16.8. The van der Waals surface area contributed by atoms with Gasteiger partial charge in [-0.1, -0.05) is 53.0 Å². The summed E-state index contributed by atoms with van der Waals surface area (Å²) in [6.45, 7) is 1.61. The number of hydrogen-bond donors (Lipinski definition) is 1. The van der Waals surface area contributed by atoms with Crippen LogP contribution in [0.15, 0.2) is 54.6 Å². The molecule has 166 valence electrons. The summed E-state index contributed by atoms with van der Waals surface area (Å²) < 4.78 is 24.3. The third-order valence-electron chi connectivity index (χ3n) is 4.50. The molecule has 1 N–H and O–H groups in total. The van der Waals surface area contributed by atoms with Gasteiger partial charge in [0.2, 0.25) is 0 Å². The number of rotatable bonds is 9. The van der Waals surface area contributed by atoms with E-state index in [4.69, 9.17) is 44.3 Å². The third-order valence-corrected chi connectivity index (χ3v) is 5.37. The minimum Gasteiger partial charge on any atom is -0.493 e. The summed E-state index contributed by atoms with van der Waals surface area (Å²) in [5.74, 6) is 0.715. The van der Waals surface area contributed by atoms with E-state index in [9.17, 15) is 4.39 Å². The highest BCUT2D eigenvalue weighted by atomic mass is 35.5. The van der Waals surface area contributed by atoms with Crippen LogP contribution in [0.2, 0.25) is 15.1 Å². The molecule has 3 aromatic carbocycles. The van der Waals surface area contributed by atoms with E-state index >= 15 is 0 Å². The smallest absolute Gasteiger partial charge is 0.180 e. The molecule has 0 fully saturated rings. The van der Waals surface area contributed by atoms with Crippen molar-refractivity contribution in [3.8, 4) is 11.5 Å². The molecule has 0 aromatic heterocycles. The molecule has 0 amide bonds. The molecule has 0 saturated heterocycles. The molecule has 3 rings (SSSR count). The van der Waals surface area contributed by atoms with Gasteiger partial charge in [0.15, 0.2) is 11.5 Å². The summed E-state index contributed by atoms with van der Waals surface area (Å²) in [5, 5.41) is 5.11. The monoisotopic (exact) mass is 503 g/mol. The summed E-state index contributed by atoms with van der Waals surface area (Å²) in [6.07, 6.45) is 0.778. The molecule has 0 aliphatic rings. The van der Waals surface area contributed by atoms with Gasteiger partial charge in [-0.05, 0) is 66.1 Å². The third kappa shape index (κ3) is 7.44. The predicted molar refractivity (Wildman–Crippen MR) is 128 cm³/mol. The summed E-state index contributed by atoms with van der Waals surface area (Å²) in [6, 6.07) is 15.3. The maximum Gasteiger partial charge on any atom is 0.180 e. The fourth-order valence-corrected chi connectivity index (χ4v) is 3.72. The van der Waals surface area contributed by atoms with E-state index in [0.717, 1.165) is 29.7 Å². The maximum absolute atomic E-state index is 13.0. The van der Waals surface area contributed by atoms with E-state index in [0.29, 0.717) is 33.1 Å². The van der Waals surface area contributed by atoms with E-state index in [1.165, 1.54) is 12.1 Å². The molecule has 8 heteroatoms. The highest BCUT2D eigenvalue weighted by Crippen LogP contribution is 2.37. The zero-order valence-corrected chi connectivity index (χ0v) is 19.8. The van der Waals surface area contributed by atoms with Crippen LogP contribution < -0.4 is 14.8 Å². The standard InChI is InChI=1S/C23H21Cl3FNO2.ClH/c1-29-22-11-16(13-28-9-8-17-4-5-18(24)12-20(17)25)10-21(26)23(22)30-14-15-2-6-19(27)7-3-15;/h2-7,10-12,28H,8-9,13-14H2,1H3;1H. The van der Waals surface area contributed by atoms with Crippen LogP contribution in [0, 0.1) is 5.82 Å². The SMILES string of the molecule is COc1cc(CNCCc2ccc(Cl)cc2Cl)cc(Cl)c1OCc1ccc(F)cc1.Cl. The molecule has 0 aliphatic carbocycles. The lowest BCUT2D eigenvalue weighted by molar-refractivity contribution is 0.284. The molecule has 0 aliphatic heterocycles. The first-order chi connectivity index (χ1) is 14.5. The summed E-state index contributed by atoms with van der Waals surface area (Å²) >= 11 is 18.6. The minimum atomic E-state index is -0.287. The largest absolute Gasteiger partial charge is 0.493 e. The van der Waals surface area contributed by atoms with Crippen molar-refractivity contribution in [3.05, 3.63) is 92.2 Å². The van der Waals surface area contributed by atoms with Gasteiger partial charge in [-0.15, -0.1) is 12.4 Å². The minimum absolute atomic E-state index is 0. The number of nitrogens with one attached hydrogen (secondary N) is 1. The van der Waals surface area contributed by atoms with Gasteiger partial charge < -0.3 is 14.8 Å². The van der Waals surface area contributed by atoms with Gasteiger partial charge in [0, 0.05) is 16.6 Å². The quantitative estimate of drug-likeness (QED) is 0.314. The first kappa shape index (κ1) is 25.6. The lowest BCUT2D eigenvalue weighted by Gasteiger charge is -2.15. The van der Waals surface area contributed by atoms with Crippen molar-refractivity contribution >= 4 is 47.2 Å². The van der Waals surface area contributed by atoms with Crippen LogP contribution in [0.25, 0.3) is 0 Å². The van der Waals surface area contributed by atoms with Gasteiger partial charge in [0.05, 0.1) is 12.1 Å². The Morgan fingerprint density at radius 2 is 1.65 bits per heavy atom. The predicted octanol–water partition coefficient (Wildman–Crippen LogP) is 7.13. The summed E-state index contributed by atoms with van der Waals surface area (Å²) in [7, 11) is 1.57. The van der Waals surface area contributed by atoms with Crippen molar-refractivity contribution in [2.24, 2.45) is 0 Å². The van der Waals surface area contributed by atoms with Gasteiger partial charge in [-0.2, -0.15) is 0 Å². The van der Waals surface area contributed by atoms with Crippen molar-refractivity contribution in [1.29, 1.82) is 0 Å². The van der Waals surface area contributed by atoms with Crippen LogP contribution in [0.1, 0.15) is 16.7 Å².